The maximum atomic E-state index is 12.4. The lowest BCUT2D eigenvalue weighted by Crippen LogP contribution is -2.47. The summed E-state index contributed by atoms with van der Waals surface area (Å²) in [5.41, 5.74) is 1.07. The summed E-state index contributed by atoms with van der Waals surface area (Å²) in [7, 11) is 1.37. The summed E-state index contributed by atoms with van der Waals surface area (Å²) in [5, 5.41) is 3.83. The predicted molar refractivity (Wildman–Crippen MR) is 116 cm³/mol. The lowest BCUT2D eigenvalue weighted by atomic mass is 9.93. The van der Waals surface area contributed by atoms with Gasteiger partial charge in [-0.05, 0) is 50.3 Å². The average molecular weight is 416 g/mol. The van der Waals surface area contributed by atoms with Crippen molar-refractivity contribution >= 4 is 23.8 Å². The van der Waals surface area contributed by atoms with Gasteiger partial charge in [-0.1, -0.05) is 19.3 Å². The van der Waals surface area contributed by atoms with Crippen LogP contribution in [0.25, 0.3) is 6.08 Å². The number of aromatic nitrogens is 1. The van der Waals surface area contributed by atoms with E-state index >= 15 is 0 Å². The number of nitrogens with one attached hydrogen (secondary N) is 1. The molecule has 1 N–H and O–H groups in total. The fourth-order valence-electron chi connectivity index (χ4n) is 4.29. The molecule has 1 aromatic heterocycles. The molecular weight excluding hydrogens is 382 g/mol. The number of nitrogens with zero attached hydrogens (tertiary/aromatic N) is 2. The van der Waals surface area contributed by atoms with Crippen LogP contribution in [0.5, 0.6) is 0 Å². The van der Waals surface area contributed by atoms with Gasteiger partial charge in [0.25, 0.3) is 0 Å². The minimum atomic E-state index is -0.425. The second-order valence-electron chi connectivity index (χ2n) is 7.98. The molecule has 2 heterocycles. The molecule has 0 spiro atoms. The van der Waals surface area contributed by atoms with Crippen LogP contribution < -0.4 is 10.2 Å². The first kappa shape index (κ1) is 22.3. The maximum Gasteiger partial charge on any atom is 0.341 e. The molecule has 1 aliphatic heterocycles. The molecule has 7 nitrogen and oxygen atoms in total. The molecule has 30 heavy (non-hydrogen) atoms. The van der Waals surface area contributed by atoms with Crippen LogP contribution in [0.3, 0.4) is 0 Å². The fraction of sp³-hybridized carbons (Fsp3) is 0.609. The van der Waals surface area contributed by atoms with Crippen LogP contribution in [0.15, 0.2) is 18.3 Å². The molecule has 0 amide bonds. The van der Waals surface area contributed by atoms with Crippen LogP contribution in [0.4, 0.5) is 5.82 Å². The van der Waals surface area contributed by atoms with Crippen LogP contribution in [0.2, 0.25) is 0 Å². The first-order valence-corrected chi connectivity index (χ1v) is 11.0. The van der Waals surface area contributed by atoms with E-state index in [-0.39, 0.29) is 0 Å². The number of esters is 2. The maximum absolute atomic E-state index is 12.4. The molecule has 0 radical (unpaired) electrons. The Bertz CT molecular complexity index is 751. The van der Waals surface area contributed by atoms with E-state index in [2.05, 4.69) is 15.2 Å². The van der Waals surface area contributed by atoms with Crippen LogP contribution in [-0.2, 0) is 14.3 Å². The quantitative estimate of drug-likeness (QED) is 0.540. The topological polar surface area (TPSA) is 80.8 Å². The summed E-state index contributed by atoms with van der Waals surface area (Å²) in [6, 6.07) is 2.90. The smallest absolute Gasteiger partial charge is 0.341 e. The highest BCUT2D eigenvalue weighted by atomic mass is 16.5. The van der Waals surface area contributed by atoms with E-state index in [0.29, 0.717) is 35.6 Å². The van der Waals surface area contributed by atoms with Crippen LogP contribution in [-0.4, -0.2) is 55.8 Å². The van der Waals surface area contributed by atoms with Crippen LogP contribution in [0.1, 0.15) is 67.8 Å². The Kier molecular flexibility index (Phi) is 8.25. The van der Waals surface area contributed by atoms with Crippen LogP contribution >= 0.6 is 0 Å². The molecule has 1 saturated carbocycles. The Morgan fingerprint density at radius 3 is 2.53 bits per heavy atom. The number of hydrogen-bond acceptors (Lipinski definition) is 7. The van der Waals surface area contributed by atoms with Crippen LogP contribution in [0, 0.1) is 0 Å². The van der Waals surface area contributed by atoms with Gasteiger partial charge in [-0.15, -0.1) is 0 Å². The lowest BCUT2D eigenvalue weighted by Gasteiger charge is -2.36. The zero-order chi connectivity index (χ0) is 21.3. The highest BCUT2D eigenvalue weighted by Gasteiger charge is 2.26. The third kappa shape index (κ3) is 6.05. The van der Waals surface area contributed by atoms with E-state index in [1.807, 2.05) is 0 Å². The number of anilines is 1. The summed E-state index contributed by atoms with van der Waals surface area (Å²) >= 11 is 0. The summed E-state index contributed by atoms with van der Waals surface area (Å²) in [6.07, 6.45) is 13.3. The Hall–Kier alpha value is -2.41. The van der Waals surface area contributed by atoms with Gasteiger partial charge in [0.15, 0.2) is 0 Å². The van der Waals surface area contributed by atoms with Crippen molar-refractivity contribution in [2.24, 2.45) is 0 Å². The van der Waals surface area contributed by atoms with Gasteiger partial charge in [0, 0.05) is 37.4 Å². The number of pyridine rings is 1. The Morgan fingerprint density at radius 1 is 1.17 bits per heavy atom. The molecule has 3 rings (SSSR count). The number of rotatable bonds is 7. The minimum Gasteiger partial charge on any atom is -0.465 e. The number of piperidine rings is 1. The molecule has 1 aromatic rings. The largest absolute Gasteiger partial charge is 0.465 e. The Morgan fingerprint density at radius 2 is 1.87 bits per heavy atom. The van der Waals surface area contributed by atoms with E-state index in [1.54, 1.807) is 25.3 Å². The molecule has 1 saturated heterocycles. The zero-order valence-electron chi connectivity index (χ0n) is 18.1. The second kappa shape index (κ2) is 11.1. The Balaban J connectivity index is 1.66. The highest BCUT2D eigenvalue weighted by Crippen LogP contribution is 2.25. The summed E-state index contributed by atoms with van der Waals surface area (Å²) in [5.74, 6) is -0.202. The summed E-state index contributed by atoms with van der Waals surface area (Å²) in [4.78, 5) is 30.6. The molecule has 164 valence electrons. The molecule has 0 bridgehead atoms. The monoisotopic (exact) mass is 415 g/mol. The van der Waals surface area contributed by atoms with E-state index in [0.717, 1.165) is 25.9 Å². The summed E-state index contributed by atoms with van der Waals surface area (Å²) < 4.78 is 9.87. The van der Waals surface area contributed by atoms with Crippen molar-refractivity contribution in [2.45, 2.75) is 64.0 Å². The van der Waals surface area contributed by atoms with Crippen molar-refractivity contribution in [1.82, 2.24) is 10.3 Å². The normalized spacial score (nSPS) is 18.5. The van der Waals surface area contributed by atoms with Gasteiger partial charge in [0.2, 0.25) is 0 Å². The van der Waals surface area contributed by atoms with Crippen molar-refractivity contribution in [3.05, 3.63) is 29.5 Å². The van der Waals surface area contributed by atoms with Gasteiger partial charge < -0.3 is 19.7 Å². The van der Waals surface area contributed by atoms with Crippen molar-refractivity contribution in [1.29, 1.82) is 0 Å². The van der Waals surface area contributed by atoms with Gasteiger partial charge >= 0.3 is 11.9 Å². The van der Waals surface area contributed by atoms with E-state index in [4.69, 9.17) is 9.47 Å². The van der Waals surface area contributed by atoms with Gasteiger partial charge in [-0.25, -0.2) is 14.6 Å². The number of methoxy groups -OCH3 is 1. The van der Waals surface area contributed by atoms with Crippen molar-refractivity contribution in [2.75, 3.05) is 31.7 Å². The number of ether oxygens (including phenoxy) is 2. The molecule has 2 aliphatic rings. The third-order valence-corrected chi connectivity index (χ3v) is 5.86. The third-order valence-electron chi connectivity index (χ3n) is 5.86. The fourth-order valence-corrected chi connectivity index (χ4v) is 4.29. The molecule has 0 atom stereocenters. The van der Waals surface area contributed by atoms with Gasteiger partial charge in [0.05, 0.1) is 13.7 Å². The molecule has 2 fully saturated rings. The average Bonchev–Trinajstić information content (AvgIpc) is 2.78. The Labute approximate surface area is 178 Å². The number of carbonyl (C=O) groups excluding carboxylic acids is 2. The SMILES string of the molecule is CCOC(=O)C=Cc1cnc(N2CCC(NC3CCCCC3)CC2)c(C(=O)OC)c1. The highest BCUT2D eigenvalue weighted by molar-refractivity contribution is 5.96. The predicted octanol–water partition coefficient (Wildman–Crippen LogP) is 3.34. The first-order valence-electron chi connectivity index (χ1n) is 11.0. The van der Waals surface area contributed by atoms with Crippen molar-refractivity contribution in [3.8, 4) is 0 Å². The van der Waals surface area contributed by atoms with E-state index < -0.39 is 11.9 Å². The number of carbonyl (C=O) groups is 2. The zero-order valence-corrected chi connectivity index (χ0v) is 18.1. The number of hydrogen-bond donors (Lipinski definition) is 1. The molecule has 1 aliphatic carbocycles. The van der Waals surface area contributed by atoms with E-state index in [1.165, 1.54) is 45.3 Å². The molecule has 0 unspecified atom stereocenters. The van der Waals surface area contributed by atoms with E-state index in [9.17, 15) is 9.59 Å². The summed E-state index contributed by atoms with van der Waals surface area (Å²) in [6.45, 7) is 3.77. The lowest BCUT2D eigenvalue weighted by molar-refractivity contribution is -0.137. The van der Waals surface area contributed by atoms with Gasteiger partial charge in [0.1, 0.15) is 11.4 Å². The standard InChI is InChI=1S/C23H33N3O4/c1-3-30-21(27)10-9-17-15-20(23(28)29-2)22(24-16-17)26-13-11-19(12-14-26)25-18-7-5-4-6-8-18/h9-10,15-16,18-19,25H,3-8,11-14H2,1-2H3. The molecular formula is C23H33N3O4. The van der Waals surface area contributed by atoms with Crippen molar-refractivity contribution in [3.63, 3.8) is 0 Å². The minimum absolute atomic E-state index is 0.319. The molecule has 7 heteroatoms. The molecule has 0 aromatic carbocycles. The second-order valence-corrected chi connectivity index (χ2v) is 7.98. The first-order chi connectivity index (χ1) is 14.6. The van der Waals surface area contributed by atoms with Crippen molar-refractivity contribution < 1.29 is 19.1 Å². The van der Waals surface area contributed by atoms with Gasteiger partial charge in [-0.3, -0.25) is 0 Å². The van der Waals surface area contributed by atoms with Gasteiger partial charge in [-0.2, -0.15) is 0 Å².